The second-order valence-corrected chi connectivity index (χ2v) is 6.08. The Kier molecular flexibility index (Phi) is 6.21. The monoisotopic (exact) mass is 290 g/mol. The molecule has 0 radical (unpaired) electrons. The summed E-state index contributed by atoms with van der Waals surface area (Å²) in [5.74, 6) is 0.00255. The molecule has 3 N–H and O–H groups in total. The largest absolute Gasteiger partial charge is 0.396 e. The van der Waals surface area contributed by atoms with E-state index in [2.05, 4.69) is 10.6 Å². The minimum absolute atomic E-state index is 0.00255. The first-order chi connectivity index (χ1) is 10.2. The summed E-state index contributed by atoms with van der Waals surface area (Å²) in [5, 5.41) is 15.7. The number of hydrogen-bond acceptors (Lipinski definition) is 3. The van der Waals surface area contributed by atoms with Crippen molar-refractivity contribution in [2.24, 2.45) is 5.41 Å². The highest BCUT2D eigenvalue weighted by atomic mass is 16.3. The van der Waals surface area contributed by atoms with Gasteiger partial charge in [-0.1, -0.05) is 49.6 Å². The molecule has 0 aliphatic heterocycles. The van der Waals surface area contributed by atoms with Crippen molar-refractivity contribution in [2.45, 2.75) is 38.6 Å². The molecule has 116 valence electrons. The van der Waals surface area contributed by atoms with E-state index in [1.54, 1.807) is 0 Å². The summed E-state index contributed by atoms with van der Waals surface area (Å²) in [6, 6.07) is 9.89. The number of carbonyl (C=O) groups is 1. The molecule has 0 bridgehead atoms. The summed E-state index contributed by atoms with van der Waals surface area (Å²) in [5.41, 5.74) is 1.09. The van der Waals surface area contributed by atoms with Crippen LogP contribution in [0.15, 0.2) is 30.3 Å². The van der Waals surface area contributed by atoms with E-state index in [0.29, 0.717) is 13.1 Å². The highest BCUT2D eigenvalue weighted by molar-refractivity contribution is 5.77. The van der Waals surface area contributed by atoms with E-state index in [-0.39, 0.29) is 17.9 Å². The lowest BCUT2D eigenvalue weighted by atomic mass is 9.74. The Morgan fingerprint density at radius 2 is 1.86 bits per heavy atom. The number of nitrogens with one attached hydrogen (secondary N) is 2. The normalized spacial score (nSPS) is 17.4. The molecule has 1 fully saturated rings. The molecule has 2 rings (SSSR count). The van der Waals surface area contributed by atoms with Crippen LogP contribution in [0.25, 0.3) is 0 Å². The summed E-state index contributed by atoms with van der Waals surface area (Å²) in [7, 11) is 0. The van der Waals surface area contributed by atoms with E-state index in [9.17, 15) is 9.90 Å². The Bertz CT molecular complexity index is 428. The van der Waals surface area contributed by atoms with Gasteiger partial charge in [-0.05, 0) is 18.4 Å². The number of hydrogen-bond donors (Lipinski definition) is 3. The predicted octanol–water partition coefficient (Wildman–Crippen LogP) is 1.84. The predicted molar refractivity (Wildman–Crippen MR) is 83.8 cm³/mol. The molecule has 1 aliphatic rings. The molecule has 1 saturated carbocycles. The smallest absolute Gasteiger partial charge is 0.234 e. The number of benzene rings is 1. The maximum Gasteiger partial charge on any atom is 0.234 e. The Labute approximate surface area is 126 Å². The third-order valence-electron chi connectivity index (χ3n) is 4.37. The fourth-order valence-corrected chi connectivity index (χ4v) is 2.99. The molecule has 0 heterocycles. The van der Waals surface area contributed by atoms with Gasteiger partial charge in [-0.2, -0.15) is 0 Å². The van der Waals surface area contributed by atoms with Crippen molar-refractivity contribution in [3.63, 3.8) is 0 Å². The van der Waals surface area contributed by atoms with Gasteiger partial charge >= 0.3 is 0 Å². The lowest BCUT2D eigenvalue weighted by Gasteiger charge is -2.35. The van der Waals surface area contributed by atoms with E-state index >= 15 is 0 Å². The zero-order chi connectivity index (χ0) is 15.0. The maximum absolute atomic E-state index is 11.8. The van der Waals surface area contributed by atoms with Crippen molar-refractivity contribution in [2.75, 3.05) is 19.7 Å². The van der Waals surface area contributed by atoms with Crippen LogP contribution in [0.1, 0.15) is 37.7 Å². The van der Waals surface area contributed by atoms with Gasteiger partial charge in [-0.3, -0.25) is 4.79 Å². The van der Waals surface area contributed by atoms with Gasteiger partial charge in [0.25, 0.3) is 0 Å². The van der Waals surface area contributed by atoms with Crippen LogP contribution >= 0.6 is 0 Å². The molecule has 21 heavy (non-hydrogen) atoms. The van der Waals surface area contributed by atoms with Crippen molar-refractivity contribution < 1.29 is 9.90 Å². The molecule has 0 atom stereocenters. The molecule has 0 spiro atoms. The first-order valence-electron chi connectivity index (χ1n) is 7.86. The second kappa shape index (κ2) is 8.15. The van der Waals surface area contributed by atoms with Gasteiger partial charge < -0.3 is 15.7 Å². The molecule has 4 nitrogen and oxygen atoms in total. The standard InChI is InChI=1S/C17H26N2O2/c20-14-17(9-5-2-6-10-17)13-18-12-16(21)19-11-15-7-3-1-4-8-15/h1,3-4,7-8,18,20H,2,5-6,9-14H2,(H,19,21). The average Bonchev–Trinajstić information content (AvgIpc) is 2.55. The van der Waals surface area contributed by atoms with Gasteiger partial charge in [-0.15, -0.1) is 0 Å². The van der Waals surface area contributed by atoms with Crippen LogP contribution in [-0.2, 0) is 11.3 Å². The van der Waals surface area contributed by atoms with E-state index in [1.165, 1.54) is 19.3 Å². The Hall–Kier alpha value is -1.39. The van der Waals surface area contributed by atoms with Crippen LogP contribution < -0.4 is 10.6 Å². The van der Waals surface area contributed by atoms with E-state index in [0.717, 1.165) is 24.9 Å². The molecule has 0 aromatic heterocycles. The van der Waals surface area contributed by atoms with Gasteiger partial charge in [0.2, 0.25) is 5.91 Å². The second-order valence-electron chi connectivity index (χ2n) is 6.08. The minimum Gasteiger partial charge on any atom is -0.396 e. The van der Waals surface area contributed by atoms with Crippen LogP contribution in [-0.4, -0.2) is 30.7 Å². The van der Waals surface area contributed by atoms with Crippen molar-refractivity contribution in [1.82, 2.24) is 10.6 Å². The molecular weight excluding hydrogens is 264 g/mol. The SMILES string of the molecule is O=C(CNCC1(CO)CCCCC1)NCc1ccccc1. The lowest BCUT2D eigenvalue weighted by molar-refractivity contribution is -0.120. The Balaban J connectivity index is 1.66. The van der Waals surface area contributed by atoms with E-state index in [1.807, 2.05) is 30.3 Å². The summed E-state index contributed by atoms with van der Waals surface area (Å²) < 4.78 is 0. The van der Waals surface area contributed by atoms with Crippen molar-refractivity contribution in [1.29, 1.82) is 0 Å². The average molecular weight is 290 g/mol. The summed E-state index contributed by atoms with van der Waals surface area (Å²) >= 11 is 0. The summed E-state index contributed by atoms with van der Waals surface area (Å²) in [6.45, 7) is 1.81. The molecule has 1 aliphatic carbocycles. The van der Waals surface area contributed by atoms with Crippen molar-refractivity contribution in [3.05, 3.63) is 35.9 Å². The molecule has 4 heteroatoms. The van der Waals surface area contributed by atoms with Gasteiger partial charge in [0.05, 0.1) is 6.54 Å². The van der Waals surface area contributed by atoms with Crippen LogP contribution in [0.2, 0.25) is 0 Å². The first kappa shape index (κ1) is 16.0. The molecule has 1 aromatic carbocycles. The first-order valence-corrected chi connectivity index (χ1v) is 7.86. The van der Waals surface area contributed by atoms with Crippen LogP contribution in [0.4, 0.5) is 0 Å². The highest BCUT2D eigenvalue weighted by Gasteiger charge is 2.30. The zero-order valence-electron chi connectivity index (χ0n) is 12.6. The number of rotatable bonds is 7. The van der Waals surface area contributed by atoms with Gasteiger partial charge in [-0.25, -0.2) is 0 Å². The van der Waals surface area contributed by atoms with Gasteiger partial charge in [0.15, 0.2) is 0 Å². The van der Waals surface area contributed by atoms with Gasteiger partial charge in [0.1, 0.15) is 0 Å². The molecular formula is C17H26N2O2. The van der Waals surface area contributed by atoms with Crippen molar-refractivity contribution >= 4 is 5.91 Å². The van der Waals surface area contributed by atoms with Crippen LogP contribution in [0.5, 0.6) is 0 Å². The fourth-order valence-electron chi connectivity index (χ4n) is 2.99. The number of amides is 1. The number of aliphatic hydroxyl groups is 1. The molecule has 0 saturated heterocycles. The third kappa shape index (κ3) is 5.14. The minimum atomic E-state index is -0.0159. The van der Waals surface area contributed by atoms with Crippen LogP contribution in [0.3, 0.4) is 0 Å². The maximum atomic E-state index is 11.8. The topological polar surface area (TPSA) is 61.4 Å². The number of carbonyl (C=O) groups excluding carboxylic acids is 1. The molecule has 1 aromatic rings. The highest BCUT2D eigenvalue weighted by Crippen LogP contribution is 2.35. The molecule has 0 unspecified atom stereocenters. The van der Waals surface area contributed by atoms with Gasteiger partial charge in [0, 0.05) is 25.1 Å². The summed E-state index contributed by atoms with van der Waals surface area (Å²) in [4.78, 5) is 11.8. The quantitative estimate of drug-likeness (QED) is 0.718. The fraction of sp³-hybridized carbons (Fsp3) is 0.588. The zero-order valence-corrected chi connectivity index (χ0v) is 12.6. The van der Waals surface area contributed by atoms with Crippen LogP contribution in [0, 0.1) is 5.41 Å². The number of aliphatic hydroxyl groups excluding tert-OH is 1. The van der Waals surface area contributed by atoms with E-state index in [4.69, 9.17) is 0 Å². The third-order valence-corrected chi connectivity index (χ3v) is 4.37. The Morgan fingerprint density at radius 3 is 2.52 bits per heavy atom. The van der Waals surface area contributed by atoms with E-state index < -0.39 is 0 Å². The Morgan fingerprint density at radius 1 is 1.14 bits per heavy atom. The lowest BCUT2D eigenvalue weighted by Crippen LogP contribution is -2.42. The molecule has 1 amide bonds. The summed E-state index contributed by atoms with van der Waals surface area (Å²) in [6.07, 6.45) is 5.74. The van der Waals surface area contributed by atoms with Crippen molar-refractivity contribution in [3.8, 4) is 0 Å².